The molecule has 0 bridgehead atoms. The van der Waals surface area contributed by atoms with Crippen LogP contribution in [0.15, 0.2) is 24.3 Å². The van der Waals surface area contributed by atoms with Crippen molar-refractivity contribution in [2.24, 2.45) is 5.92 Å². The molecule has 1 aliphatic heterocycles. The van der Waals surface area contributed by atoms with Gasteiger partial charge in [0.1, 0.15) is 5.75 Å². The second-order valence-electron chi connectivity index (χ2n) is 6.32. The zero-order valence-corrected chi connectivity index (χ0v) is 15.1. The summed E-state index contributed by atoms with van der Waals surface area (Å²) in [5, 5.41) is 2.95. The molecule has 0 radical (unpaired) electrons. The van der Waals surface area contributed by atoms with E-state index in [1.165, 1.54) is 0 Å². The van der Waals surface area contributed by atoms with E-state index in [0.29, 0.717) is 32.7 Å². The summed E-state index contributed by atoms with van der Waals surface area (Å²) in [4.78, 5) is 26.4. The van der Waals surface area contributed by atoms with Gasteiger partial charge in [0.2, 0.25) is 11.8 Å². The Kier molecular flexibility index (Phi) is 7.73. The van der Waals surface area contributed by atoms with Crippen molar-refractivity contribution in [3.8, 4) is 5.75 Å². The van der Waals surface area contributed by atoms with Crippen LogP contribution in [-0.4, -0.2) is 57.2 Å². The van der Waals surface area contributed by atoms with Crippen LogP contribution in [0, 0.1) is 5.92 Å². The third-order valence-corrected chi connectivity index (χ3v) is 4.56. The van der Waals surface area contributed by atoms with Crippen molar-refractivity contribution in [3.63, 3.8) is 0 Å². The fourth-order valence-corrected chi connectivity index (χ4v) is 2.99. The van der Waals surface area contributed by atoms with Gasteiger partial charge < -0.3 is 19.7 Å². The van der Waals surface area contributed by atoms with Gasteiger partial charge in [0.05, 0.1) is 13.5 Å². The highest BCUT2D eigenvalue weighted by Crippen LogP contribution is 2.19. The lowest BCUT2D eigenvalue weighted by Crippen LogP contribution is -2.43. The lowest BCUT2D eigenvalue weighted by atomic mass is 9.95. The van der Waals surface area contributed by atoms with Gasteiger partial charge >= 0.3 is 0 Å². The Hall–Kier alpha value is -2.08. The smallest absolute Gasteiger partial charge is 0.226 e. The number of ether oxygens (including phenoxy) is 2. The monoisotopic (exact) mass is 348 g/mol. The number of piperidine rings is 1. The number of benzene rings is 1. The highest BCUT2D eigenvalue weighted by molar-refractivity contribution is 5.81. The Balaban J connectivity index is 1.73. The number of likely N-dealkylation sites (tertiary alicyclic amines) is 1. The molecule has 6 heteroatoms. The van der Waals surface area contributed by atoms with Crippen LogP contribution >= 0.6 is 0 Å². The van der Waals surface area contributed by atoms with Crippen LogP contribution in [0.2, 0.25) is 0 Å². The van der Waals surface area contributed by atoms with E-state index in [9.17, 15) is 9.59 Å². The summed E-state index contributed by atoms with van der Waals surface area (Å²) >= 11 is 0. The molecule has 1 aromatic rings. The van der Waals surface area contributed by atoms with Crippen molar-refractivity contribution in [3.05, 3.63) is 29.8 Å². The number of nitrogens with zero attached hydrogens (tertiary/aromatic N) is 1. The molecule has 0 aromatic heterocycles. The molecule has 1 saturated heterocycles. The zero-order chi connectivity index (χ0) is 18.1. The number of carbonyl (C=O) groups is 2. The van der Waals surface area contributed by atoms with Crippen molar-refractivity contribution in [2.45, 2.75) is 25.7 Å². The van der Waals surface area contributed by atoms with Gasteiger partial charge in [0, 0.05) is 39.3 Å². The van der Waals surface area contributed by atoms with Crippen LogP contribution in [0.5, 0.6) is 5.75 Å². The van der Waals surface area contributed by atoms with E-state index in [2.05, 4.69) is 5.32 Å². The van der Waals surface area contributed by atoms with E-state index >= 15 is 0 Å². The molecule has 2 rings (SSSR count). The van der Waals surface area contributed by atoms with Crippen LogP contribution < -0.4 is 10.1 Å². The van der Waals surface area contributed by atoms with Crippen molar-refractivity contribution >= 4 is 11.8 Å². The highest BCUT2D eigenvalue weighted by Gasteiger charge is 2.27. The fourth-order valence-electron chi connectivity index (χ4n) is 2.99. The van der Waals surface area contributed by atoms with Gasteiger partial charge in [0.25, 0.3) is 0 Å². The maximum absolute atomic E-state index is 12.4. The van der Waals surface area contributed by atoms with Crippen LogP contribution in [0.25, 0.3) is 0 Å². The maximum Gasteiger partial charge on any atom is 0.226 e. The van der Waals surface area contributed by atoms with E-state index in [4.69, 9.17) is 9.47 Å². The molecule has 25 heavy (non-hydrogen) atoms. The first-order chi connectivity index (χ1) is 12.1. The number of carbonyl (C=O) groups excluding carboxylic acids is 2. The molecule has 0 saturated carbocycles. The Morgan fingerprint density at radius 2 is 1.84 bits per heavy atom. The molecular formula is C19H28N2O4. The van der Waals surface area contributed by atoms with Crippen LogP contribution in [0.1, 0.15) is 24.8 Å². The molecule has 0 spiro atoms. The van der Waals surface area contributed by atoms with E-state index in [1.54, 1.807) is 14.2 Å². The minimum atomic E-state index is 0.00702. The molecule has 1 aliphatic rings. The Bertz CT molecular complexity index is 551. The molecule has 0 atom stereocenters. The van der Waals surface area contributed by atoms with E-state index in [0.717, 1.165) is 30.6 Å². The Morgan fingerprint density at radius 1 is 1.16 bits per heavy atom. The minimum Gasteiger partial charge on any atom is -0.497 e. The minimum absolute atomic E-state index is 0.00702. The Labute approximate surface area is 149 Å². The van der Waals surface area contributed by atoms with Crippen molar-refractivity contribution in [1.29, 1.82) is 0 Å². The molecule has 1 heterocycles. The second-order valence-corrected chi connectivity index (χ2v) is 6.32. The van der Waals surface area contributed by atoms with E-state index < -0.39 is 0 Å². The first-order valence-electron chi connectivity index (χ1n) is 8.81. The number of rotatable bonds is 8. The van der Waals surface area contributed by atoms with Gasteiger partial charge in [-0.3, -0.25) is 9.59 Å². The summed E-state index contributed by atoms with van der Waals surface area (Å²) in [5.74, 6) is 1.00. The number of nitrogens with one attached hydrogen (secondary N) is 1. The molecule has 6 nitrogen and oxygen atoms in total. The molecule has 138 valence electrons. The predicted octanol–water partition coefficient (Wildman–Crippen LogP) is 1.63. The van der Waals surface area contributed by atoms with Gasteiger partial charge in [-0.1, -0.05) is 12.1 Å². The average Bonchev–Trinajstić information content (AvgIpc) is 2.66. The van der Waals surface area contributed by atoms with Gasteiger partial charge in [-0.25, -0.2) is 0 Å². The number of hydrogen-bond acceptors (Lipinski definition) is 4. The highest BCUT2D eigenvalue weighted by atomic mass is 16.5. The van der Waals surface area contributed by atoms with Crippen molar-refractivity contribution < 1.29 is 19.1 Å². The lowest BCUT2D eigenvalue weighted by molar-refractivity contribution is -0.135. The van der Waals surface area contributed by atoms with Crippen molar-refractivity contribution in [2.75, 3.05) is 40.5 Å². The molecule has 1 aromatic carbocycles. The summed E-state index contributed by atoms with van der Waals surface area (Å²) in [7, 11) is 3.28. The summed E-state index contributed by atoms with van der Waals surface area (Å²) in [6.45, 7) is 2.58. The van der Waals surface area contributed by atoms with Crippen LogP contribution in [0.4, 0.5) is 0 Å². The molecule has 2 amide bonds. The molecule has 1 N–H and O–H groups in total. The second kappa shape index (κ2) is 10.0. The van der Waals surface area contributed by atoms with Gasteiger partial charge in [-0.15, -0.1) is 0 Å². The van der Waals surface area contributed by atoms with E-state index in [1.807, 2.05) is 29.2 Å². The third-order valence-electron chi connectivity index (χ3n) is 4.56. The first-order valence-corrected chi connectivity index (χ1v) is 8.81. The number of hydrogen-bond donors (Lipinski definition) is 1. The molecular weight excluding hydrogens is 320 g/mol. The summed E-state index contributed by atoms with van der Waals surface area (Å²) < 4.78 is 10.1. The van der Waals surface area contributed by atoms with Gasteiger partial charge in [-0.2, -0.15) is 0 Å². The van der Waals surface area contributed by atoms with Crippen LogP contribution in [-0.2, 0) is 20.7 Å². The number of methoxy groups -OCH3 is 2. The van der Waals surface area contributed by atoms with E-state index in [-0.39, 0.29) is 17.7 Å². The zero-order valence-electron chi connectivity index (χ0n) is 15.1. The molecule has 0 aliphatic carbocycles. The molecule has 1 fully saturated rings. The summed E-state index contributed by atoms with van der Waals surface area (Å²) in [5.41, 5.74) is 0.976. The summed E-state index contributed by atoms with van der Waals surface area (Å²) in [6, 6.07) is 7.55. The normalized spacial score (nSPS) is 15.0. The quantitative estimate of drug-likeness (QED) is 0.725. The van der Waals surface area contributed by atoms with Crippen LogP contribution in [0.3, 0.4) is 0 Å². The van der Waals surface area contributed by atoms with Gasteiger partial charge in [0.15, 0.2) is 0 Å². The average molecular weight is 348 g/mol. The fraction of sp³-hybridized carbons (Fsp3) is 0.579. The standard InChI is InChI=1S/C19H28N2O4/c1-24-13-3-10-20-19(23)16-8-11-21(12-9-16)18(22)14-15-4-6-17(25-2)7-5-15/h4-7,16H,3,8-14H2,1-2H3,(H,20,23). The maximum atomic E-state index is 12.4. The van der Waals surface area contributed by atoms with Gasteiger partial charge in [-0.05, 0) is 37.0 Å². The number of amides is 2. The largest absolute Gasteiger partial charge is 0.497 e. The third kappa shape index (κ3) is 6.05. The Morgan fingerprint density at radius 3 is 2.44 bits per heavy atom. The van der Waals surface area contributed by atoms with Crippen molar-refractivity contribution in [1.82, 2.24) is 10.2 Å². The SMILES string of the molecule is COCCCNC(=O)C1CCN(C(=O)Cc2ccc(OC)cc2)CC1. The predicted molar refractivity (Wildman–Crippen MR) is 95.5 cm³/mol. The lowest BCUT2D eigenvalue weighted by Gasteiger charge is -2.31. The molecule has 0 unspecified atom stereocenters. The summed E-state index contributed by atoms with van der Waals surface area (Å²) in [6.07, 6.45) is 2.66. The topological polar surface area (TPSA) is 67.9 Å². The first kappa shape index (κ1) is 19.2.